The summed E-state index contributed by atoms with van der Waals surface area (Å²) >= 11 is 0. The molecule has 0 fully saturated rings. The molecule has 0 saturated heterocycles. The third-order valence-electron chi connectivity index (χ3n) is 1.63. The number of amidine groups is 1. The van der Waals surface area contributed by atoms with E-state index in [4.69, 9.17) is 10.6 Å². The quantitative estimate of drug-likeness (QED) is 0.605. The maximum absolute atomic E-state index is 10.7. The summed E-state index contributed by atoms with van der Waals surface area (Å²) in [7, 11) is 0. The molecule has 3 N–H and O–H groups in total. The minimum atomic E-state index is -0.501. The van der Waals surface area contributed by atoms with Gasteiger partial charge in [0.1, 0.15) is 0 Å². The molecule has 0 aromatic heterocycles. The first kappa shape index (κ1) is 11.2. The molecule has 0 aliphatic carbocycles. The highest BCUT2D eigenvalue weighted by Crippen LogP contribution is 2.07. The number of nitrogens with two attached hydrogens (primary N) is 1. The Balaban J connectivity index is 2.62. The fourth-order valence-electron chi connectivity index (χ4n) is 1.11. The number of rotatable bonds is 4. The van der Waals surface area contributed by atoms with E-state index in [1.54, 1.807) is 0 Å². The lowest BCUT2D eigenvalue weighted by molar-refractivity contribution is -0.261. The Kier molecular flexibility index (Phi) is 3.45. The number of primary amides is 1. The molecule has 0 aromatic rings. The van der Waals surface area contributed by atoms with Crippen LogP contribution in [0.15, 0.2) is 5.10 Å². The number of hydrogen-bond donors (Lipinski definition) is 2. The zero-order valence-corrected chi connectivity index (χ0v) is 8.56. The second-order valence-corrected chi connectivity index (χ2v) is 2.84. The lowest BCUT2D eigenvalue weighted by Gasteiger charge is -2.24. The van der Waals surface area contributed by atoms with Crippen LogP contribution in [0.5, 0.6) is 0 Å². The smallest absolute Gasteiger partial charge is 0.326 e. The van der Waals surface area contributed by atoms with Crippen molar-refractivity contribution in [3.05, 3.63) is 0 Å². The summed E-state index contributed by atoms with van der Waals surface area (Å²) in [6.07, 6.45) is -0.0153. The van der Waals surface area contributed by atoms with Gasteiger partial charge in [0.2, 0.25) is 5.91 Å². The number of nitrogens with zero attached hydrogens (tertiary/aromatic N) is 3. The monoisotopic (exact) mass is 215 g/mol. The molecular weight excluding hydrogens is 202 g/mol. The van der Waals surface area contributed by atoms with E-state index < -0.39 is 11.9 Å². The fourth-order valence-corrected chi connectivity index (χ4v) is 1.11. The van der Waals surface area contributed by atoms with Crippen LogP contribution in [0.3, 0.4) is 0 Å². The summed E-state index contributed by atoms with van der Waals surface area (Å²) in [5, 5.41) is 6.35. The first-order valence-corrected chi connectivity index (χ1v) is 4.41. The summed E-state index contributed by atoms with van der Waals surface area (Å²) in [5.74, 6) is -0.582. The number of hydrogen-bond acceptors (Lipinski definition) is 7. The van der Waals surface area contributed by atoms with Crippen LogP contribution in [-0.2, 0) is 14.4 Å². The van der Waals surface area contributed by atoms with Crippen molar-refractivity contribution >= 4 is 17.7 Å². The van der Waals surface area contributed by atoms with Crippen LogP contribution in [0.25, 0.3) is 0 Å². The second-order valence-electron chi connectivity index (χ2n) is 2.84. The maximum Gasteiger partial charge on any atom is 0.326 e. The number of hydrazine groups is 2. The molecule has 0 saturated carbocycles. The van der Waals surface area contributed by atoms with Crippen molar-refractivity contribution in [3.8, 4) is 0 Å². The van der Waals surface area contributed by atoms with Crippen LogP contribution < -0.4 is 11.3 Å². The van der Waals surface area contributed by atoms with Crippen LogP contribution in [0.1, 0.15) is 20.3 Å². The van der Waals surface area contributed by atoms with Crippen LogP contribution >= 0.6 is 0 Å². The molecule has 1 aliphatic heterocycles. The van der Waals surface area contributed by atoms with Crippen molar-refractivity contribution in [2.45, 2.75) is 20.3 Å². The summed E-state index contributed by atoms with van der Waals surface area (Å²) in [6.45, 7) is 3.58. The van der Waals surface area contributed by atoms with Crippen molar-refractivity contribution in [3.63, 3.8) is 0 Å². The third kappa shape index (κ3) is 2.81. The molecule has 0 aromatic carbocycles. The van der Waals surface area contributed by atoms with Gasteiger partial charge < -0.3 is 10.6 Å². The van der Waals surface area contributed by atoms with Gasteiger partial charge in [0.05, 0.1) is 11.7 Å². The van der Waals surface area contributed by atoms with Crippen LogP contribution in [0.2, 0.25) is 0 Å². The first-order chi connectivity index (χ1) is 7.04. The highest BCUT2D eigenvalue weighted by atomic mass is 16.8. The van der Waals surface area contributed by atoms with E-state index in [2.05, 4.69) is 10.6 Å². The van der Waals surface area contributed by atoms with Crippen molar-refractivity contribution in [2.24, 2.45) is 10.8 Å². The molecule has 8 heteroatoms. The lowest BCUT2D eigenvalue weighted by atomic mass is 10.3. The van der Waals surface area contributed by atoms with Crippen molar-refractivity contribution in [1.29, 1.82) is 0 Å². The van der Waals surface area contributed by atoms with Gasteiger partial charge in [-0.15, -0.1) is 5.10 Å². The largest absolute Gasteiger partial charge is 0.369 e. The number of nitrogens with one attached hydrogen (secondary N) is 1. The van der Waals surface area contributed by atoms with E-state index >= 15 is 0 Å². The summed E-state index contributed by atoms with van der Waals surface area (Å²) in [4.78, 5) is 26.2. The van der Waals surface area contributed by atoms with Crippen LogP contribution in [-0.4, -0.2) is 34.5 Å². The van der Waals surface area contributed by atoms with E-state index in [1.165, 1.54) is 11.9 Å². The normalized spacial score (nSPS) is 15.9. The molecule has 1 amide bonds. The van der Waals surface area contributed by atoms with Gasteiger partial charge in [0.15, 0.2) is 5.84 Å². The van der Waals surface area contributed by atoms with E-state index in [-0.39, 0.29) is 6.42 Å². The highest BCUT2D eigenvalue weighted by molar-refractivity contribution is 5.99. The number of amides is 1. The van der Waals surface area contributed by atoms with Gasteiger partial charge in [-0.2, -0.15) is 5.53 Å². The molecule has 84 valence electrons. The van der Waals surface area contributed by atoms with E-state index in [0.29, 0.717) is 12.4 Å². The van der Waals surface area contributed by atoms with Crippen molar-refractivity contribution < 1.29 is 14.4 Å². The summed E-state index contributed by atoms with van der Waals surface area (Å²) in [5.41, 5.74) is 7.48. The SMILES string of the molecule is CCN1C(CC(N)=O)=NNN1OC(C)=O. The number of carbonyl (C=O) groups is 2. The fraction of sp³-hybridized carbons (Fsp3) is 0.571. The Morgan fingerprint density at radius 1 is 1.60 bits per heavy atom. The summed E-state index contributed by atoms with van der Waals surface area (Å²) < 4.78 is 0. The van der Waals surface area contributed by atoms with Gasteiger partial charge in [-0.1, -0.05) is 0 Å². The predicted molar refractivity (Wildman–Crippen MR) is 50.4 cm³/mol. The number of carbonyl (C=O) groups excluding carboxylic acids is 2. The minimum absolute atomic E-state index is 0.0153. The van der Waals surface area contributed by atoms with Gasteiger partial charge in [-0.05, 0) is 6.92 Å². The van der Waals surface area contributed by atoms with Crippen LogP contribution in [0, 0.1) is 0 Å². The molecular formula is C7H13N5O3. The van der Waals surface area contributed by atoms with Gasteiger partial charge in [-0.25, -0.2) is 5.01 Å². The van der Waals surface area contributed by atoms with Gasteiger partial charge in [0.25, 0.3) is 0 Å². The standard InChI is InChI=1S/C7H13N5O3/c1-3-11-7(4-6(8)14)9-10-12(11)15-5(2)13/h10H,3-4H2,1-2H3,(H2,8,14). The van der Waals surface area contributed by atoms with Gasteiger partial charge in [-0.3, -0.25) is 9.59 Å². The van der Waals surface area contributed by atoms with E-state index in [1.807, 2.05) is 6.92 Å². The first-order valence-electron chi connectivity index (χ1n) is 4.41. The Morgan fingerprint density at radius 2 is 2.27 bits per heavy atom. The third-order valence-corrected chi connectivity index (χ3v) is 1.63. The average Bonchev–Trinajstić information content (AvgIpc) is 2.45. The van der Waals surface area contributed by atoms with E-state index in [9.17, 15) is 9.59 Å². The Bertz CT molecular complexity index is 303. The van der Waals surface area contributed by atoms with E-state index in [0.717, 1.165) is 5.28 Å². The topological polar surface area (TPSA) is 100 Å². The highest BCUT2D eigenvalue weighted by Gasteiger charge is 2.27. The predicted octanol–water partition coefficient (Wildman–Crippen LogP) is -1.29. The van der Waals surface area contributed by atoms with Gasteiger partial charge >= 0.3 is 5.97 Å². The Labute approximate surface area is 86.5 Å². The zero-order valence-electron chi connectivity index (χ0n) is 8.56. The average molecular weight is 215 g/mol. The molecule has 1 rings (SSSR count). The molecule has 1 heterocycles. The van der Waals surface area contributed by atoms with Crippen molar-refractivity contribution in [1.82, 2.24) is 15.8 Å². The van der Waals surface area contributed by atoms with Crippen molar-refractivity contribution in [2.75, 3.05) is 6.54 Å². The maximum atomic E-state index is 10.7. The summed E-state index contributed by atoms with van der Waals surface area (Å²) in [6, 6.07) is 0. The molecule has 0 radical (unpaired) electrons. The molecule has 1 aliphatic rings. The van der Waals surface area contributed by atoms with Crippen LogP contribution in [0.4, 0.5) is 0 Å². The molecule has 0 spiro atoms. The molecule has 15 heavy (non-hydrogen) atoms. The lowest BCUT2D eigenvalue weighted by Crippen LogP contribution is -2.46. The second kappa shape index (κ2) is 4.60. The zero-order chi connectivity index (χ0) is 11.4. The minimum Gasteiger partial charge on any atom is -0.369 e. The molecule has 0 atom stereocenters. The Hall–Kier alpha value is -1.83. The molecule has 0 unspecified atom stereocenters. The van der Waals surface area contributed by atoms with Gasteiger partial charge in [0, 0.05) is 13.5 Å². The molecule has 0 bridgehead atoms. The Morgan fingerprint density at radius 3 is 2.73 bits per heavy atom. The number of hydrazone groups is 1. The molecule has 8 nitrogen and oxygen atoms in total.